The van der Waals surface area contributed by atoms with Crippen LogP contribution in [0.3, 0.4) is 0 Å². The number of aliphatic hydroxyl groups is 1. The van der Waals surface area contributed by atoms with Crippen molar-refractivity contribution in [3.63, 3.8) is 0 Å². The molecule has 9 heteroatoms. The van der Waals surface area contributed by atoms with Crippen LogP contribution in [0.4, 0.5) is 5.13 Å². The van der Waals surface area contributed by atoms with Crippen molar-refractivity contribution in [1.29, 1.82) is 0 Å². The molecular formula is C11H13N3O5S. The molecule has 108 valence electrons. The number of hydrogen-bond acceptors (Lipinski definition) is 6. The third-order valence-electron chi connectivity index (χ3n) is 2.83. The van der Waals surface area contributed by atoms with Gasteiger partial charge in [0.05, 0.1) is 6.10 Å². The van der Waals surface area contributed by atoms with E-state index in [1.54, 1.807) is 0 Å². The number of likely N-dealkylation sites (tertiary alicyclic amines) is 1. The Morgan fingerprint density at radius 1 is 1.50 bits per heavy atom. The normalized spacial score (nSPS) is 21.8. The number of hydrogen-bond donors (Lipinski definition) is 3. The van der Waals surface area contributed by atoms with Gasteiger partial charge in [0.1, 0.15) is 11.7 Å². The molecule has 0 spiro atoms. The summed E-state index contributed by atoms with van der Waals surface area (Å²) < 4.78 is 0. The maximum Gasteiger partial charge on any atom is 0.326 e. The number of aliphatic hydroxyl groups excluding tert-OH is 1. The summed E-state index contributed by atoms with van der Waals surface area (Å²) in [6.07, 6.45) is -0.850. The Kier molecular flexibility index (Phi) is 4.00. The lowest BCUT2D eigenvalue weighted by Gasteiger charge is -2.19. The molecule has 2 atom stereocenters. The summed E-state index contributed by atoms with van der Waals surface area (Å²) in [7, 11) is 0. The van der Waals surface area contributed by atoms with E-state index in [0.29, 0.717) is 0 Å². The summed E-state index contributed by atoms with van der Waals surface area (Å²) >= 11 is 1.07. The molecule has 0 bridgehead atoms. The molecule has 1 fully saturated rings. The van der Waals surface area contributed by atoms with Crippen LogP contribution in [0, 0.1) is 0 Å². The van der Waals surface area contributed by atoms with Crippen LogP contribution in [-0.4, -0.2) is 56.6 Å². The molecule has 2 amide bonds. The first-order valence-corrected chi connectivity index (χ1v) is 6.71. The molecule has 0 aliphatic carbocycles. The first kappa shape index (κ1) is 14.4. The molecular weight excluding hydrogens is 286 g/mol. The largest absolute Gasteiger partial charge is 0.480 e. The van der Waals surface area contributed by atoms with Gasteiger partial charge in [-0.15, -0.1) is 11.3 Å². The number of carboxylic acids is 1. The minimum atomic E-state index is -1.16. The quantitative estimate of drug-likeness (QED) is 0.708. The number of rotatable bonds is 3. The number of anilines is 1. The van der Waals surface area contributed by atoms with Gasteiger partial charge in [-0.05, 0) is 0 Å². The molecule has 1 saturated heterocycles. The molecule has 1 aliphatic heterocycles. The Bertz CT molecular complexity index is 558. The molecule has 1 aliphatic rings. The van der Waals surface area contributed by atoms with E-state index in [9.17, 15) is 19.5 Å². The summed E-state index contributed by atoms with van der Waals surface area (Å²) in [4.78, 5) is 39.2. The summed E-state index contributed by atoms with van der Waals surface area (Å²) in [5.41, 5.74) is 0.0547. The van der Waals surface area contributed by atoms with E-state index in [-0.39, 0.29) is 29.7 Å². The van der Waals surface area contributed by atoms with Crippen molar-refractivity contribution in [2.24, 2.45) is 0 Å². The van der Waals surface area contributed by atoms with Crippen molar-refractivity contribution in [3.8, 4) is 0 Å². The SMILES string of the molecule is CC(=O)Nc1nc(C(=O)N2CC(O)C[C@H]2C(=O)O)cs1. The molecule has 0 aromatic carbocycles. The molecule has 0 saturated carbocycles. The fourth-order valence-corrected chi connectivity index (χ4v) is 2.73. The zero-order valence-electron chi connectivity index (χ0n) is 10.6. The number of aromatic nitrogens is 1. The van der Waals surface area contributed by atoms with Gasteiger partial charge in [0.25, 0.3) is 5.91 Å². The van der Waals surface area contributed by atoms with Crippen LogP contribution >= 0.6 is 11.3 Å². The van der Waals surface area contributed by atoms with Gasteiger partial charge in [-0.2, -0.15) is 0 Å². The lowest BCUT2D eigenvalue weighted by molar-refractivity contribution is -0.141. The number of nitrogens with zero attached hydrogens (tertiary/aromatic N) is 2. The number of nitrogens with one attached hydrogen (secondary N) is 1. The van der Waals surface area contributed by atoms with E-state index >= 15 is 0 Å². The fraction of sp³-hybridized carbons (Fsp3) is 0.455. The summed E-state index contributed by atoms with van der Waals surface area (Å²) in [6.45, 7) is 1.28. The van der Waals surface area contributed by atoms with Gasteiger partial charge in [-0.3, -0.25) is 9.59 Å². The number of aliphatic carboxylic acids is 1. The van der Waals surface area contributed by atoms with Crippen molar-refractivity contribution in [3.05, 3.63) is 11.1 Å². The number of carbonyl (C=O) groups is 3. The van der Waals surface area contributed by atoms with Crippen LogP contribution in [0.5, 0.6) is 0 Å². The molecule has 1 unspecified atom stereocenters. The van der Waals surface area contributed by atoms with Crippen LogP contribution in [0.15, 0.2) is 5.38 Å². The third kappa shape index (κ3) is 2.94. The number of thiazole rings is 1. The Morgan fingerprint density at radius 3 is 2.80 bits per heavy atom. The maximum absolute atomic E-state index is 12.2. The second-order valence-corrected chi connectivity index (χ2v) is 5.28. The lowest BCUT2D eigenvalue weighted by Crippen LogP contribution is -2.40. The minimum Gasteiger partial charge on any atom is -0.480 e. The summed E-state index contributed by atoms with van der Waals surface area (Å²) in [5.74, 6) is -2.03. The van der Waals surface area contributed by atoms with Gasteiger partial charge in [0.15, 0.2) is 5.13 Å². The van der Waals surface area contributed by atoms with Gasteiger partial charge in [-0.25, -0.2) is 9.78 Å². The van der Waals surface area contributed by atoms with Crippen molar-refractivity contribution < 1.29 is 24.6 Å². The topological polar surface area (TPSA) is 120 Å². The van der Waals surface area contributed by atoms with E-state index < -0.39 is 24.0 Å². The first-order valence-electron chi connectivity index (χ1n) is 5.83. The summed E-state index contributed by atoms with van der Waals surface area (Å²) in [6, 6.07) is -1.05. The van der Waals surface area contributed by atoms with E-state index in [1.165, 1.54) is 12.3 Å². The van der Waals surface area contributed by atoms with Crippen LogP contribution in [0.1, 0.15) is 23.8 Å². The Hall–Kier alpha value is -2.00. The Morgan fingerprint density at radius 2 is 2.20 bits per heavy atom. The monoisotopic (exact) mass is 299 g/mol. The third-order valence-corrected chi connectivity index (χ3v) is 3.59. The fourth-order valence-electron chi connectivity index (χ4n) is 2.00. The van der Waals surface area contributed by atoms with Gasteiger partial charge in [0, 0.05) is 25.3 Å². The Balaban J connectivity index is 2.16. The number of carbonyl (C=O) groups excluding carboxylic acids is 2. The van der Waals surface area contributed by atoms with E-state index in [0.717, 1.165) is 16.2 Å². The number of amides is 2. The van der Waals surface area contributed by atoms with Crippen LogP contribution in [0.25, 0.3) is 0 Å². The zero-order chi connectivity index (χ0) is 14.9. The number of β-amino-alcohol motifs (C(OH)–C–C–N with tert-alkyl or cyclic N) is 1. The zero-order valence-corrected chi connectivity index (χ0v) is 11.4. The molecule has 20 heavy (non-hydrogen) atoms. The average Bonchev–Trinajstić information content (AvgIpc) is 2.94. The highest BCUT2D eigenvalue weighted by atomic mass is 32.1. The van der Waals surface area contributed by atoms with Gasteiger partial charge in [0.2, 0.25) is 5.91 Å². The molecule has 1 aromatic rings. The molecule has 3 N–H and O–H groups in total. The molecule has 8 nitrogen and oxygen atoms in total. The molecule has 1 aromatic heterocycles. The highest BCUT2D eigenvalue weighted by Crippen LogP contribution is 2.23. The van der Waals surface area contributed by atoms with Gasteiger partial charge >= 0.3 is 5.97 Å². The van der Waals surface area contributed by atoms with Crippen molar-refractivity contribution in [2.75, 3.05) is 11.9 Å². The van der Waals surface area contributed by atoms with Gasteiger partial charge in [-0.1, -0.05) is 0 Å². The first-order chi connectivity index (χ1) is 9.38. The highest BCUT2D eigenvalue weighted by Gasteiger charge is 2.39. The molecule has 2 heterocycles. The standard InChI is InChI=1S/C11H13N3O5S/c1-5(15)12-11-13-7(4-20-11)9(17)14-3-6(16)2-8(14)10(18)19/h4,6,8,16H,2-3H2,1H3,(H,18,19)(H,12,13,15)/t6?,8-/m0/s1. The highest BCUT2D eigenvalue weighted by molar-refractivity contribution is 7.14. The molecule has 2 rings (SSSR count). The van der Waals surface area contributed by atoms with Crippen LogP contribution in [-0.2, 0) is 9.59 Å². The predicted octanol–water partition coefficient (Wildman–Crippen LogP) is -0.239. The van der Waals surface area contributed by atoms with Crippen molar-refractivity contribution >= 4 is 34.3 Å². The van der Waals surface area contributed by atoms with Gasteiger partial charge < -0.3 is 20.4 Å². The van der Waals surface area contributed by atoms with Crippen molar-refractivity contribution in [2.45, 2.75) is 25.5 Å². The van der Waals surface area contributed by atoms with E-state index in [2.05, 4.69) is 10.3 Å². The average molecular weight is 299 g/mol. The van der Waals surface area contributed by atoms with E-state index in [1.807, 2.05) is 0 Å². The second-order valence-electron chi connectivity index (χ2n) is 4.42. The Labute approximate surface area is 118 Å². The summed E-state index contributed by atoms with van der Waals surface area (Å²) in [5, 5.41) is 22.7. The predicted molar refractivity (Wildman–Crippen MR) is 69.5 cm³/mol. The van der Waals surface area contributed by atoms with Crippen molar-refractivity contribution in [1.82, 2.24) is 9.88 Å². The number of carboxylic acid groups (broad SMARTS) is 1. The lowest BCUT2D eigenvalue weighted by atomic mass is 10.2. The van der Waals surface area contributed by atoms with Crippen LogP contribution in [0.2, 0.25) is 0 Å². The van der Waals surface area contributed by atoms with Crippen LogP contribution < -0.4 is 5.32 Å². The van der Waals surface area contributed by atoms with E-state index in [4.69, 9.17) is 5.11 Å². The second kappa shape index (κ2) is 5.55. The smallest absolute Gasteiger partial charge is 0.326 e. The maximum atomic E-state index is 12.2. The molecule has 0 radical (unpaired) electrons. The minimum absolute atomic E-state index is 0.00373.